The molecule has 0 fully saturated rings. The number of amides is 1. The molecule has 1 amide bonds. The molecule has 0 bridgehead atoms. The topological polar surface area (TPSA) is 84.1 Å². The second kappa shape index (κ2) is 8.52. The van der Waals surface area contributed by atoms with Gasteiger partial charge in [-0.05, 0) is 54.8 Å². The van der Waals surface area contributed by atoms with Gasteiger partial charge < -0.3 is 19.1 Å². The molecular weight excluding hydrogens is 394 g/mol. The average Bonchev–Trinajstić information content (AvgIpc) is 2.82. The van der Waals surface area contributed by atoms with Crippen LogP contribution in [-0.2, 0) is 6.42 Å². The van der Waals surface area contributed by atoms with Crippen molar-refractivity contribution in [2.45, 2.75) is 19.3 Å². The van der Waals surface area contributed by atoms with E-state index in [-0.39, 0.29) is 5.91 Å². The van der Waals surface area contributed by atoms with E-state index in [4.69, 9.17) is 14.2 Å². The number of methoxy groups -OCH3 is 3. The maximum atomic E-state index is 12.8. The fourth-order valence-corrected chi connectivity index (χ4v) is 4.05. The molecular formula is C24H23N3O4. The highest BCUT2D eigenvalue weighted by atomic mass is 16.5. The summed E-state index contributed by atoms with van der Waals surface area (Å²) in [7, 11) is 4.78. The molecule has 0 N–H and O–H groups in total. The largest absolute Gasteiger partial charge is 0.497 e. The number of nitrogens with zero attached hydrogens (tertiary/aromatic N) is 3. The molecule has 0 saturated carbocycles. The fourth-order valence-electron chi connectivity index (χ4n) is 4.05. The Hall–Kier alpha value is -3.79. The van der Waals surface area contributed by atoms with E-state index < -0.39 is 0 Å². The lowest BCUT2D eigenvalue weighted by Gasteiger charge is -2.38. The average molecular weight is 417 g/mol. The normalized spacial score (nSPS) is 16.3. The first-order valence-electron chi connectivity index (χ1n) is 10.0. The van der Waals surface area contributed by atoms with Crippen molar-refractivity contribution in [3.63, 3.8) is 0 Å². The molecule has 0 spiro atoms. The number of carbonyl (C=O) groups excluding carboxylic acids is 1. The van der Waals surface area contributed by atoms with Gasteiger partial charge in [-0.1, -0.05) is 0 Å². The molecule has 2 aromatic carbocycles. The Morgan fingerprint density at radius 1 is 1.00 bits per heavy atom. The van der Waals surface area contributed by atoms with Crippen LogP contribution < -0.4 is 14.2 Å². The first-order chi connectivity index (χ1) is 15.1. The Morgan fingerprint density at radius 2 is 1.71 bits per heavy atom. The SMILES string of the molecule is COc1ccc(C(=O)N=C2CCC(C#N)=C3c4cc(OC)c(OC)cc4CCN23)cc1. The number of benzene rings is 2. The number of amidine groups is 1. The smallest absolute Gasteiger partial charge is 0.278 e. The van der Waals surface area contributed by atoms with E-state index >= 15 is 0 Å². The molecule has 2 heterocycles. The highest BCUT2D eigenvalue weighted by molar-refractivity contribution is 6.06. The Kier molecular flexibility index (Phi) is 5.63. The van der Waals surface area contributed by atoms with Crippen molar-refractivity contribution in [2.75, 3.05) is 27.9 Å². The van der Waals surface area contributed by atoms with Gasteiger partial charge in [-0.25, -0.2) is 0 Å². The van der Waals surface area contributed by atoms with Gasteiger partial charge in [0.1, 0.15) is 11.6 Å². The van der Waals surface area contributed by atoms with Crippen molar-refractivity contribution in [1.29, 1.82) is 5.26 Å². The number of carbonyl (C=O) groups is 1. The van der Waals surface area contributed by atoms with Gasteiger partial charge in [-0.2, -0.15) is 10.3 Å². The van der Waals surface area contributed by atoms with Crippen LogP contribution in [0.2, 0.25) is 0 Å². The molecule has 31 heavy (non-hydrogen) atoms. The van der Waals surface area contributed by atoms with Crippen molar-refractivity contribution in [2.24, 2.45) is 4.99 Å². The van der Waals surface area contributed by atoms with Crippen LogP contribution in [0.4, 0.5) is 0 Å². The standard InChI is InChI=1S/C24H23N3O4/c1-29-18-7-4-15(5-8-18)24(28)26-22-9-6-17(14-25)23-19-13-21(31-3)20(30-2)12-16(19)10-11-27(22)23/h4-5,7-8,12-13H,6,9-11H2,1-3H3. The summed E-state index contributed by atoms with van der Waals surface area (Å²) in [6.45, 7) is 0.637. The summed E-state index contributed by atoms with van der Waals surface area (Å²) < 4.78 is 16.1. The molecule has 2 aliphatic rings. The van der Waals surface area contributed by atoms with E-state index in [9.17, 15) is 10.1 Å². The zero-order chi connectivity index (χ0) is 22.0. The van der Waals surface area contributed by atoms with Crippen molar-refractivity contribution in [3.8, 4) is 23.3 Å². The monoisotopic (exact) mass is 417 g/mol. The highest BCUT2D eigenvalue weighted by Gasteiger charge is 2.32. The zero-order valence-electron chi connectivity index (χ0n) is 17.8. The predicted octanol–water partition coefficient (Wildman–Crippen LogP) is 3.84. The molecule has 0 atom stereocenters. The number of fused-ring (bicyclic) bond motifs is 3. The van der Waals surface area contributed by atoms with Crippen LogP contribution in [0, 0.1) is 11.3 Å². The first kappa shape index (κ1) is 20.5. The van der Waals surface area contributed by atoms with E-state index in [0.717, 1.165) is 23.2 Å². The van der Waals surface area contributed by atoms with Crippen LogP contribution >= 0.6 is 0 Å². The van der Waals surface area contributed by atoms with E-state index in [0.29, 0.717) is 53.6 Å². The Morgan fingerprint density at radius 3 is 2.35 bits per heavy atom. The lowest BCUT2D eigenvalue weighted by Crippen LogP contribution is -2.38. The van der Waals surface area contributed by atoms with Crippen molar-refractivity contribution in [3.05, 3.63) is 58.7 Å². The lowest BCUT2D eigenvalue weighted by molar-refractivity contribution is 0.100. The van der Waals surface area contributed by atoms with Gasteiger partial charge in [0, 0.05) is 24.1 Å². The quantitative estimate of drug-likeness (QED) is 0.752. The summed E-state index contributed by atoms with van der Waals surface area (Å²) in [5.74, 6) is 2.31. The molecule has 158 valence electrons. The van der Waals surface area contributed by atoms with Gasteiger partial charge in [0.25, 0.3) is 5.91 Å². The molecule has 4 rings (SSSR count). The third-order valence-corrected chi connectivity index (χ3v) is 5.64. The first-order valence-corrected chi connectivity index (χ1v) is 10.0. The molecule has 0 saturated heterocycles. The summed E-state index contributed by atoms with van der Waals surface area (Å²) in [4.78, 5) is 19.2. The third kappa shape index (κ3) is 3.73. The summed E-state index contributed by atoms with van der Waals surface area (Å²) in [5.41, 5.74) is 3.99. The van der Waals surface area contributed by atoms with Gasteiger partial charge in [0.15, 0.2) is 11.5 Å². The van der Waals surface area contributed by atoms with Crippen molar-refractivity contribution < 1.29 is 19.0 Å². The lowest BCUT2D eigenvalue weighted by atomic mass is 9.89. The van der Waals surface area contributed by atoms with E-state index in [1.807, 2.05) is 17.0 Å². The number of rotatable bonds is 4. The van der Waals surface area contributed by atoms with Gasteiger partial charge in [-0.15, -0.1) is 0 Å². The van der Waals surface area contributed by atoms with E-state index in [2.05, 4.69) is 11.1 Å². The summed E-state index contributed by atoms with van der Waals surface area (Å²) in [6, 6.07) is 13.1. The van der Waals surface area contributed by atoms with Crippen LogP contribution in [0.3, 0.4) is 0 Å². The van der Waals surface area contributed by atoms with Gasteiger partial charge in [0.05, 0.1) is 38.7 Å². The molecule has 2 aliphatic heterocycles. The second-order valence-corrected chi connectivity index (χ2v) is 7.27. The van der Waals surface area contributed by atoms with Crippen LogP contribution in [0.15, 0.2) is 47.0 Å². The number of ether oxygens (including phenoxy) is 3. The molecule has 2 aromatic rings. The minimum atomic E-state index is -0.310. The molecule has 0 radical (unpaired) electrons. The van der Waals surface area contributed by atoms with Crippen LogP contribution in [0.25, 0.3) is 5.70 Å². The molecule has 0 unspecified atom stereocenters. The van der Waals surface area contributed by atoms with E-state index in [1.54, 1.807) is 45.6 Å². The van der Waals surface area contributed by atoms with Gasteiger partial charge in [0.2, 0.25) is 0 Å². The Bertz CT molecular complexity index is 1130. The third-order valence-electron chi connectivity index (χ3n) is 5.64. The molecule has 7 heteroatoms. The fraction of sp³-hybridized carbons (Fsp3) is 0.292. The molecule has 0 aromatic heterocycles. The minimum Gasteiger partial charge on any atom is -0.497 e. The number of hydrogen-bond donors (Lipinski definition) is 0. The number of hydrogen-bond acceptors (Lipinski definition) is 5. The van der Waals surface area contributed by atoms with Gasteiger partial charge in [-0.3, -0.25) is 4.79 Å². The van der Waals surface area contributed by atoms with Gasteiger partial charge >= 0.3 is 0 Å². The zero-order valence-corrected chi connectivity index (χ0v) is 17.8. The maximum absolute atomic E-state index is 12.8. The number of nitriles is 1. The van der Waals surface area contributed by atoms with Crippen molar-refractivity contribution >= 4 is 17.4 Å². The minimum absolute atomic E-state index is 0.310. The van der Waals surface area contributed by atoms with Crippen LogP contribution in [0.1, 0.15) is 34.3 Å². The number of allylic oxidation sites excluding steroid dienone is 1. The molecule has 0 aliphatic carbocycles. The number of aliphatic imine (C=N–C) groups is 1. The summed E-state index contributed by atoms with van der Waals surface area (Å²) in [5, 5.41) is 9.77. The highest BCUT2D eigenvalue weighted by Crippen LogP contribution is 2.41. The maximum Gasteiger partial charge on any atom is 0.278 e. The van der Waals surface area contributed by atoms with Crippen molar-refractivity contribution in [1.82, 2.24) is 4.90 Å². The van der Waals surface area contributed by atoms with Crippen LogP contribution in [-0.4, -0.2) is 44.5 Å². The van der Waals surface area contributed by atoms with E-state index in [1.165, 1.54) is 0 Å². The Labute approximate surface area is 181 Å². The summed E-state index contributed by atoms with van der Waals surface area (Å²) in [6.07, 6.45) is 1.81. The summed E-state index contributed by atoms with van der Waals surface area (Å²) >= 11 is 0. The Balaban J connectivity index is 1.74. The second-order valence-electron chi connectivity index (χ2n) is 7.27. The molecule has 7 nitrogen and oxygen atoms in total. The predicted molar refractivity (Wildman–Crippen MR) is 116 cm³/mol. The van der Waals surface area contributed by atoms with Crippen LogP contribution in [0.5, 0.6) is 17.2 Å².